The number of anilines is 6. The van der Waals surface area contributed by atoms with Crippen LogP contribution in [0.5, 0.6) is 0 Å². The molecule has 0 saturated carbocycles. The summed E-state index contributed by atoms with van der Waals surface area (Å²) >= 11 is 56.2. The summed E-state index contributed by atoms with van der Waals surface area (Å²) in [6.07, 6.45) is 8.55. The van der Waals surface area contributed by atoms with Crippen LogP contribution in [-0.4, -0.2) is 152 Å². The van der Waals surface area contributed by atoms with Crippen molar-refractivity contribution in [2.24, 2.45) is 0 Å². The molecule has 141 heavy (non-hydrogen) atoms. The summed E-state index contributed by atoms with van der Waals surface area (Å²) in [4.78, 5) is 120. The Morgan fingerprint density at radius 1 is 0.383 bits per heavy atom. The summed E-state index contributed by atoms with van der Waals surface area (Å²) < 4.78 is 95.6. The lowest BCUT2D eigenvalue weighted by Crippen LogP contribution is -2.58. The minimum Gasteiger partial charge on any atom is -0.397 e. The van der Waals surface area contributed by atoms with Gasteiger partial charge in [0.25, 0.3) is 16.7 Å². The maximum absolute atomic E-state index is 15.7. The molecule has 42 heteroatoms. The molecule has 6 atom stereocenters. The Morgan fingerprint density at radius 3 is 0.851 bits per heavy atom. The smallest absolute Gasteiger partial charge is 0.276 e. The van der Waals surface area contributed by atoms with Crippen molar-refractivity contribution in [1.29, 1.82) is 15.8 Å². The molecule has 0 aliphatic carbocycles. The van der Waals surface area contributed by atoms with Crippen molar-refractivity contribution in [3.8, 4) is 69.0 Å². The number of hydrogen-bond donors (Lipinski definition) is 3. The number of nitrogen functional groups attached to an aromatic ring is 3. The van der Waals surface area contributed by atoms with Gasteiger partial charge >= 0.3 is 0 Å². The largest absolute Gasteiger partial charge is 0.397 e. The first-order valence-corrected chi connectivity index (χ1v) is 47.3. The van der Waals surface area contributed by atoms with E-state index >= 15 is 22.0 Å². The number of hydrogen-bond acceptors (Lipinski definition) is 21. The molecule has 3 aromatic carbocycles. The number of nitrogens with two attached hydrogens (primary N) is 3. The Balaban J connectivity index is 0.000000178. The van der Waals surface area contributed by atoms with Gasteiger partial charge in [-0.1, -0.05) is 166 Å². The third kappa shape index (κ3) is 18.4. The highest BCUT2D eigenvalue weighted by atomic mass is 35.5. The predicted octanol–water partition coefficient (Wildman–Crippen LogP) is 21.6. The van der Waals surface area contributed by atoms with Crippen LogP contribution < -0.4 is 48.6 Å². The van der Waals surface area contributed by atoms with E-state index < -0.39 is 115 Å². The molecule has 0 radical (unpaired) electrons. The van der Waals surface area contributed by atoms with Crippen LogP contribution in [0, 0.1) is 89.7 Å². The minimum atomic E-state index is -1.45. The van der Waals surface area contributed by atoms with Crippen molar-refractivity contribution >= 4 is 189 Å². The highest BCUT2D eigenvalue weighted by Crippen LogP contribution is 2.50. The molecule has 12 aromatic rings. The molecule has 9 aromatic heterocycles. The number of carbonyl (C=O) groups excluding carboxylic acids is 3. The van der Waals surface area contributed by atoms with Crippen LogP contribution in [0.4, 0.5) is 60.5 Å². The van der Waals surface area contributed by atoms with Gasteiger partial charge in [-0.25, -0.2) is 41.3 Å². The number of aryl methyl sites for hydroxylation is 3. The van der Waals surface area contributed by atoms with Gasteiger partial charge in [-0.15, -0.1) is 0 Å². The predicted molar refractivity (Wildman–Crippen MR) is 545 cm³/mol. The van der Waals surface area contributed by atoms with E-state index in [1.807, 2.05) is 97.8 Å². The maximum atomic E-state index is 15.7. The molecule has 12 heterocycles. The summed E-state index contributed by atoms with van der Waals surface area (Å²) in [7, 11) is 0. The lowest BCUT2D eigenvalue weighted by molar-refractivity contribution is -0.131. The maximum Gasteiger partial charge on any atom is 0.276 e. The molecular formula is C99H90Cl9F6N21O6. The minimum absolute atomic E-state index is 0.0171. The molecule has 3 aliphatic heterocycles. The Hall–Kier alpha value is -12.7. The van der Waals surface area contributed by atoms with Crippen LogP contribution in [0.3, 0.4) is 0 Å². The highest BCUT2D eigenvalue weighted by molar-refractivity contribution is 6.45. The van der Waals surface area contributed by atoms with E-state index in [0.29, 0.717) is 50.8 Å². The van der Waals surface area contributed by atoms with Gasteiger partial charge in [0.2, 0.25) is 17.7 Å². The van der Waals surface area contributed by atoms with Gasteiger partial charge in [0.05, 0.1) is 132 Å². The molecule has 0 spiro atoms. The van der Waals surface area contributed by atoms with Crippen molar-refractivity contribution in [2.75, 3.05) is 71.2 Å². The van der Waals surface area contributed by atoms with Crippen LogP contribution in [0.1, 0.15) is 151 Å². The van der Waals surface area contributed by atoms with E-state index in [1.54, 1.807) is 72.3 Å². The second-order valence-electron chi connectivity index (χ2n) is 35.3. The number of aromatic nitrogens is 9. The fraction of sp³-hybridized carbons (Fsp3) is 0.303. The fourth-order valence-corrected chi connectivity index (χ4v) is 20.7. The second-order valence-corrected chi connectivity index (χ2v) is 38.8. The topological polar surface area (TPSA) is 363 Å². The Bertz CT molecular complexity index is 6860. The van der Waals surface area contributed by atoms with E-state index in [1.165, 1.54) is 50.1 Å². The van der Waals surface area contributed by atoms with Gasteiger partial charge < -0.3 is 46.6 Å². The van der Waals surface area contributed by atoms with Gasteiger partial charge in [-0.3, -0.25) is 57.4 Å². The number of carbonyl (C=O) groups is 3. The average Bonchev–Trinajstić information content (AvgIpc) is 0.725. The molecule has 27 nitrogen and oxygen atoms in total. The number of halogens is 15. The summed E-state index contributed by atoms with van der Waals surface area (Å²) in [6, 6.07) is 13.7. The zero-order valence-corrected chi connectivity index (χ0v) is 85.2. The Morgan fingerprint density at radius 2 is 0.617 bits per heavy atom. The van der Waals surface area contributed by atoms with E-state index in [0.717, 1.165) is 0 Å². The van der Waals surface area contributed by atoms with E-state index in [-0.39, 0.29) is 210 Å². The number of nitrogens with zero attached hydrogens (tertiary/aromatic N) is 18. The Kier molecular flexibility index (Phi) is 31.0. The van der Waals surface area contributed by atoms with Crippen LogP contribution in [-0.2, 0) is 14.4 Å². The summed E-state index contributed by atoms with van der Waals surface area (Å²) in [6.45, 7) is 40.1. The van der Waals surface area contributed by atoms with Gasteiger partial charge in [-0.2, -0.15) is 15.8 Å². The first-order valence-electron chi connectivity index (χ1n) is 43.9. The number of benzene rings is 3. The molecule has 0 bridgehead atoms. The number of piperazine rings is 3. The standard InChI is InChI=1S/3C33H30Cl3F2N7O2/c1-7-21(46)44-16(5)12-43(13-17(44)6)31-18-10-20(34)29(22-25(37)26(38)23(35)24(36)27(22)40)42-32(18)45(33(47)19(31)11-39)30-15(4)8-9-41-28(30)14(2)3;2*1-7-21(46)44-16(5)12-43(13-17(44)6)31-18-10-20(34)29(22-25(37)23(35)24(36)26(38)27(22)40)42-32(18)45(33(47)19(31)11-39)30-15(4)8-9-41-28(30)14(2)3/h3*7-10,14,16-17H,1,12-13,40H2,2-6H3/t3*16-,17+. The molecule has 0 unspecified atom stereocenters. The van der Waals surface area contributed by atoms with Crippen LogP contribution in [0.25, 0.3) is 83.9 Å². The lowest BCUT2D eigenvalue weighted by atomic mass is 10.0. The number of rotatable bonds is 15. The normalized spacial score (nSPS) is 16.6. The monoisotopic (exact) mass is 2100 g/mol. The van der Waals surface area contributed by atoms with Crippen molar-refractivity contribution in [1.82, 2.24) is 58.3 Å². The highest BCUT2D eigenvalue weighted by Gasteiger charge is 2.42. The SMILES string of the molecule is C=CC(=O)N1[C@H](C)CN(c2c(C#N)c(=O)n(-c3c(C)ccnc3C(C)C)c3nc(-c4c(N)c(Cl)c(Cl)c(F)c4F)c(Cl)cc23)C[C@@H]1C.C=CC(=O)N1[C@H](C)CN(c2c(C#N)c(=O)n(-c3c(C)ccnc3C(C)C)c3nc(-c4c(N)c(F)c(Cl)c(Cl)c4F)c(Cl)cc23)C[C@@H]1C.C=CC(=O)N1[C@H](C)CN(c2c(C#N)c(=O)n(-c3c(C)ccnc3C(C)C)c3nc(-c4c(N)c(F)c(Cl)c(Cl)c4F)c(Cl)cc23)C[C@@H]1C. The number of amides is 3. The summed E-state index contributed by atoms with van der Waals surface area (Å²) in [5.41, 5.74) is 16.4. The molecule has 3 fully saturated rings. The van der Waals surface area contributed by atoms with Gasteiger partial charge in [0.1, 0.15) is 66.9 Å². The van der Waals surface area contributed by atoms with Crippen molar-refractivity contribution < 1.29 is 40.7 Å². The van der Waals surface area contributed by atoms with E-state index in [2.05, 4.69) is 67.8 Å². The zero-order valence-electron chi connectivity index (χ0n) is 78.4. The molecule has 3 aliphatic rings. The van der Waals surface area contributed by atoms with Gasteiger partial charge in [0, 0.05) is 110 Å². The Labute approximate surface area is 850 Å². The van der Waals surface area contributed by atoms with E-state index in [4.69, 9.17) is 122 Å². The lowest BCUT2D eigenvalue weighted by Gasteiger charge is -2.45. The average molecular weight is 2100 g/mol. The first kappa shape index (κ1) is 106. The number of pyridine rings is 9. The van der Waals surface area contributed by atoms with Crippen molar-refractivity contribution in [2.45, 2.75) is 158 Å². The number of nitriles is 3. The zero-order chi connectivity index (χ0) is 104. The van der Waals surface area contributed by atoms with Crippen LogP contribution in [0.2, 0.25) is 45.2 Å². The third-order valence-corrected chi connectivity index (χ3v) is 28.3. The van der Waals surface area contributed by atoms with Crippen LogP contribution in [0.15, 0.2) is 107 Å². The third-order valence-electron chi connectivity index (χ3n) is 25.0. The molecular weight excluding hydrogens is 2010 g/mol. The van der Waals surface area contributed by atoms with Gasteiger partial charge in [0.15, 0.2) is 34.9 Å². The molecule has 3 amide bonds. The summed E-state index contributed by atoms with van der Waals surface area (Å²) in [5, 5.41) is 27.9. The summed E-state index contributed by atoms with van der Waals surface area (Å²) in [5.74, 6) is -8.76. The van der Waals surface area contributed by atoms with Crippen LogP contribution >= 0.6 is 104 Å². The van der Waals surface area contributed by atoms with Gasteiger partial charge in [-0.05, 0) is 151 Å². The first-order chi connectivity index (χ1) is 66.5. The fourth-order valence-electron chi connectivity index (χ4n) is 18.9. The molecule has 15 rings (SSSR count). The molecule has 3 saturated heterocycles. The van der Waals surface area contributed by atoms with Crippen molar-refractivity contribution in [3.05, 3.63) is 255 Å². The number of fused-ring (bicyclic) bond motifs is 3. The molecule has 6 N–H and O–H groups in total. The molecule has 732 valence electrons. The van der Waals surface area contributed by atoms with E-state index in [9.17, 15) is 48.9 Å². The van der Waals surface area contributed by atoms with Crippen molar-refractivity contribution in [3.63, 3.8) is 0 Å². The second kappa shape index (κ2) is 41.5. The quantitative estimate of drug-likeness (QED) is 0.0282.